The van der Waals surface area contributed by atoms with E-state index < -0.39 is 0 Å². The maximum atomic E-state index is 13.0. The summed E-state index contributed by atoms with van der Waals surface area (Å²) in [6, 6.07) is 19.4. The van der Waals surface area contributed by atoms with E-state index in [2.05, 4.69) is 29.2 Å². The van der Waals surface area contributed by atoms with Crippen LogP contribution in [0, 0.1) is 5.82 Å². The second-order valence-corrected chi connectivity index (χ2v) is 7.41. The molecule has 0 bridgehead atoms. The molecule has 0 saturated carbocycles. The van der Waals surface area contributed by atoms with Gasteiger partial charge in [-0.3, -0.25) is 9.69 Å². The largest absolute Gasteiger partial charge is 0.486 e. The van der Waals surface area contributed by atoms with Gasteiger partial charge < -0.3 is 14.1 Å². The van der Waals surface area contributed by atoms with Crippen molar-refractivity contribution in [2.75, 3.05) is 32.7 Å². The molecule has 0 atom stereocenters. The lowest BCUT2D eigenvalue weighted by molar-refractivity contribution is 0.0615. The lowest BCUT2D eigenvalue weighted by Gasteiger charge is -2.33. The summed E-state index contributed by atoms with van der Waals surface area (Å²) < 4.78 is 24.2. The zero-order chi connectivity index (χ0) is 21.5. The highest BCUT2D eigenvalue weighted by molar-refractivity contribution is 5.91. The zero-order valence-electron chi connectivity index (χ0n) is 17.2. The van der Waals surface area contributed by atoms with Crippen molar-refractivity contribution >= 4 is 12.0 Å². The van der Waals surface area contributed by atoms with E-state index in [1.165, 1.54) is 17.7 Å². The molecule has 3 aromatic rings. The van der Waals surface area contributed by atoms with E-state index in [0.717, 1.165) is 19.6 Å². The first kappa shape index (κ1) is 20.9. The van der Waals surface area contributed by atoms with Gasteiger partial charge in [0.05, 0.1) is 0 Å². The van der Waals surface area contributed by atoms with Crippen molar-refractivity contribution in [1.29, 1.82) is 0 Å². The summed E-state index contributed by atoms with van der Waals surface area (Å²) in [5, 5.41) is 0. The Morgan fingerprint density at radius 1 is 0.968 bits per heavy atom. The highest BCUT2D eigenvalue weighted by atomic mass is 19.1. The second kappa shape index (κ2) is 10.1. The number of amides is 1. The highest BCUT2D eigenvalue weighted by Crippen LogP contribution is 2.17. The van der Waals surface area contributed by atoms with Crippen LogP contribution in [0.1, 0.15) is 21.9 Å². The van der Waals surface area contributed by atoms with Gasteiger partial charge in [0.2, 0.25) is 0 Å². The van der Waals surface area contributed by atoms with E-state index in [-0.39, 0.29) is 18.3 Å². The normalized spacial score (nSPS) is 14.8. The fraction of sp³-hybridized carbons (Fsp3) is 0.240. The van der Waals surface area contributed by atoms with Crippen molar-refractivity contribution in [3.8, 4) is 5.75 Å². The Morgan fingerprint density at radius 3 is 2.45 bits per heavy atom. The average molecular weight is 420 g/mol. The van der Waals surface area contributed by atoms with E-state index in [4.69, 9.17) is 9.15 Å². The Bertz CT molecular complexity index is 1010. The third kappa shape index (κ3) is 5.83. The summed E-state index contributed by atoms with van der Waals surface area (Å²) in [5.41, 5.74) is 1.19. The van der Waals surface area contributed by atoms with Gasteiger partial charge in [-0.2, -0.15) is 0 Å². The smallest absolute Gasteiger partial charge is 0.289 e. The van der Waals surface area contributed by atoms with Crippen molar-refractivity contribution in [1.82, 2.24) is 9.80 Å². The minimum atomic E-state index is -0.314. The molecule has 2 heterocycles. The van der Waals surface area contributed by atoms with Crippen molar-refractivity contribution < 1.29 is 18.3 Å². The van der Waals surface area contributed by atoms with Crippen LogP contribution in [0.2, 0.25) is 0 Å². The molecule has 5 nitrogen and oxygen atoms in total. The highest BCUT2D eigenvalue weighted by Gasteiger charge is 2.23. The van der Waals surface area contributed by atoms with Crippen LogP contribution in [0.15, 0.2) is 77.2 Å². The molecule has 1 amide bonds. The summed E-state index contributed by atoms with van der Waals surface area (Å²) in [5.74, 6) is 0.994. The quantitative estimate of drug-likeness (QED) is 0.566. The summed E-state index contributed by atoms with van der Waals surface area (Å²) in [6.07, 6.45) is 4.28. The molecule has 4 rings (SSSR count). The van der Waals surface area contributed by atoms with Gasteiger partial charge in [-0.25, -0.2) is 4.39 Å². The standard InChI is InChI=1S/C25H25FN2O3/c26-21-8-10-22(11-9-21)30-19-23-12-13-24(31-23)25(29)28-17-15-27(16-18-28)14-4-7-20-5-2-1-3-6-20/h1-13H,14-19H2/b7-4+. The van der Waals surface area contributed by atoms with Crippen molar-refractivity contribution in [2.45, 2.75) is 6.61 Å². The zero-order valence-corrected chi connectivity index (χ0v) is 17.2. The van der Waals surface area contributed by atoms with Gasteiger partial charge in [0.15, 0.2) is 5.76 Å². The van der Waals surface area contributed by atoms with Gasteiger partial charge in [-0.15, -0.1) is 0 Å². The van der Waals surface area contributed by atoms with E-state index in [0.29, 0.717) is 30.4 Å². The Kier molecular flexibility index (Phi) is 6.79. The number of rotatable bonds is 7. The molecule has 31 heavy (non-hydrogen) atoms. The van der Waals surface area contributed by atoms with Crippen LogP contribution in [-0.4, -0.2) is 48.4 Å². The van der Waals surface area contributed by atoms with Crippen LogP contribution < -0.4 is 4.74 Å². The fourth-order valence-electron chi connectivity index (χ4n) is 3.45. The molecule has 160 valence electrons. The molecule has 1 fully saturated rings. The number of piperazine rings is 1. The molecule has 0 N–H and O–H groups in total. The van der Waals surface area contributed by atoms with Crippen molar-refractivity contribution in [2.24, 2.45) is 0 Å². The van der Waals surface area contributed by atoms with Gasteiger partial charge in [-0.1, -0.05) is 42.5 Å². The molecular formula is C25H25FN2O3. The predicted molar refractivity (Wildman–Crippen MR) is 117 cm³/mol. The first-order valence-electron chi connectivity index (χ1n) is 10.4. The molecule has 1 saturated heterocycles. The van der Waals surface area contributed by atoms with Crippen LogP contribution in [0.4, 0.5) is 4.39 Å². The Morgan fingerprint density at radius 2 is 1.71 bits per heavy atom. The van der Waals surface area contributed by atoms with Crippen LogP contribution in [0.3, 0.4) is 0 Å². The molecule has 0 spiro atoms. The van der Waals surface area contributed by atoms with Gasteiger partial charge in [0.1, 0.15) is 23.9 Å². The number of furan rings is 1. The maximum Gasteiger partial charge on any atom is 0.289 e. The van der Waals surface area contributed by atoms with Crippen LogP contribution in [0.5, 0.6) is 5.75 Å². The number of carbonyl (C=O) groups is 1. The van der Waals surface area contributed by atoms with Crippen LogP contribution in [0.25, 0.3) is 6.08 Å². The van der Waals surface area contributed by atoms with E-state index in [1.807, 2.05) is 23.1 Å². The van der Waals surface area contributed by atoms with Gasteiger partial charge in [0.25, 0.3) is 5.91 Å². The first-order chi connectivity index (χ1) is 15.2. The number of benzene rings is 2. The molecule has 1 aromatic heterocycles. The molecular weight excluding hydrogens is 395 g/mol. The van der Waals surface area contributed by atoms with Crippen LogP contribution >= 0.6 is 0 Å². The van der Waals surface area contributed by atoms with E-state index in [9.17, 15) is 9.18 Å². The fourth-order valence-corrected chi connectivity index (χ4v) is 3.45. The first-order valence-corrected chi connectivity index (χ1v) is 10.4. The number of carbonyl (C=O) groups excluding carboxylic acids is 1. The number of nitrogens with zero attached hydrogens (tertiary/aromatic N) is 2. The predicted octanol–water partition coefficient (Wildman–Crippen LogP) is 4.47. The third-order valence-corrected chi connectivity index (χ3v) is 5.20. The average Bonchev–Trinajstić information content (AvgIpc) is 3.28. The number of ether oxygens (including phenoxy) is 1. The van der Waals surface area contributed by atoms with E-state index >= 15 is 0 Å². The van der Waals surface area contributed by atoms with Gasteiger partial charge in [-0.05, 0) is 42.0 Å². The minimum Gasteiger partial charge on any atom is -0.486 e. The Balaban J connectivity index is 1.23. The molecule has 0 radical (unpaired) electrons. The third-order valence-electron chi connectivity index (χ3n) is 5.20. The van der Waals surface area contributed by atoms with Gasteiger partial charge in [0, 0.05) is 32.7 Å². The topological polar surface area (TPSA) is 45.9 Å². The molecule has 0 aliphatic carbocycles. The monoisotopic (exact) mass is 420 g/mol. The summed E-state index contributed by atoms with van der Waals surface area (Å²) in [6.45, 7) is 4.03. The summed E-state index contributed by atoms with van der Waals surface area (Å²) >= 11 is 0. The molecule has 0 unspecified atom stereocenters. The lowest BCUT2D eigenvalue weighted by atomic mass is 10.2. The second-order valence-electron chi connectivity index (χ2n) is 7.41. The number of hydrogen-bond donors (Lipinski definition) is 0. The summed E-state index contributed by atoms with van der Waals surface area (Å²) in [4.78, 5) is 16.9. The molecule has 1 aliphatic rings. The molecule has 6 heteroatoms. The van der Waals surface area contributed by atoms with Crippen molar-refractivity contribution in [3.05, 3.63) is 95.7 Å². The lowest BCUT2D eigenvalue weighted by Crippen LogP contribution is -2.48. The van der Waals surface area contributed by atoms with E-state index in [1.54, 1.807) is 24.3 Å². The minimum absolute atomic E-state index is 0.104. The maximum absolute atomic E-state index is 13.0. The van der Waals surface area contributed by atoms with Gasteiger partial charge >= 0.3 is 0 Å². The Labute approximate surface area is 181 Å². The SMILES string of the molecule is O=C(c1ccc(COc2ccc(F)cc2)o1)N1CCN(C/C=C/c2ccccc2)CC1. The summed E-state index contributed by atoms with van der Waals surface area (Å²) in [7, 11) is 0. The van der Waals surface area contributed by atoms with Crippen molar-refractivity contribution in [3.63, 3.8) is 0 Å². The molecule has 1 aliphatic heterocycles. The van der Waals surface area contributed by atoms with Crippen LogP contribution in [-0.2, 0) is 6.61 Å². The molecule has 2 aromatic carbocycles. The number of hydrogen-bond acceptors (Lipinski definition) is 4. The number of halogens is 1. The Hall–Kier alpha value is -3.38.